The second kappa shape index (κ2) is 4.05. The Hall–Kier alpha value is -1.70. The standard InChI is InChI=1S/C14H16O2/c1-9(2)13-7-11-6-12(16-3)5-4-10(11)8-14(13)15/h4-9,15H,1-3H3. The Labute approximate surface area is 95.5 Å². The smallest absolute Gasteiger partial charge is 0.119 e. The molecule has 0 atom stereocenters. The van der Waals surface area contributed by atoms with Gasteiger partial charge in [-0.3, -0.25) is 0 Å². The van der Waals surface area contributed by atoms with Gasteiger partial charge in [-0.1, -0.05) is 19.9 Å². The SMILES string of the molecule is COc1ccc2cc(O)c(C(C)C)cc2c1. The number of phenolic OH excluding ortho intramolecular Hbond substituents is 1. The number of benzene rings is 2. The fraction of sp³-hybridized carbons (Fsp3) is 0.286. The summed E-state index contributed by atoms with van der Waals surface area (Å²) in [6.07, 6.45) is 0. The molecular weight excluding hydrogens is 200 g/mol. The summed E-state index contributed by atoms with van der Waals surface area (Å²) in [5, 5.41) is 12.0. The largest absolute Gasteiger partial charge is 0.508 e. The summed E-state index contributed by atoms with van der Waals surface area (Å²) in [6, 6.07) is 9.68. The number of phenols is 1. The first kappa shape index (κ1) is 10.8. The average molecular weight is 216 g/mol. The second-order valence-corrected chi connectivity index (χ2v) is 4.28. The Balaban J connectivity index is 2.65. The third kappa shape index (κ3) is 1.83. The number of hydrogen-bond acceptors (Lipinski definition) is 2. The minimum atomic E-state index is 0.315. The predicted octanol–water partition coefficient (Wildman–Crippen LogP) is 3.68. The number of fused-ring (bicyclic) bond motifs is 1. The van der Waals surface area contributed by atoms with Crippen LogP contribution in [0.5, 0.6) is 11.5 Å². The molecule has 1 N–H and O–H groups in total. The number of aromatic hydroxyl groups is 1. The van der Waals surface area contributed by atoms with Crippen molar-refractivity contribution in [1.82, 2.24) is 0 Å². The van der Waals surface area contributed by atoms with Gasteiger partial charge in [0, 0.05) is 0 Å². The lowest BCUT2D eigenvalue weighted by molar-refractivity contribution is 0.415. The van der Waals surface area contributed by atoms with E-state index in [2.05, 4.69) is 13.8 Å². The van der Waals surface area contributed by atoms with Crippen LogP contribution in [-0.2, 0) is 0 Å². The molecule has 0 saturated heterocycles. The summed E-state index contributed by atoms with van der Waals surface area (Å²) in [5.41, 5.74) is 0.973. The monoisotopic (exact) mass is 216 g/mol. The van der Waals surface area contributed by atoms with E-state index in [9.17, 15) is 5.11 Å². The van der Waals surface area contributed by atoms with Crippen molar-refractivity contribution in [3.8, 4) is 11.5 Å². The van der Waals surface area contributed by atoms with Gasteiger partial charge >= 0.3 is 0 Å². The Morgan fingerprint density at radius 3 is 2.44 bits per heavy atom. The highest BCUT2D eigenvalue weighted by molar-refractivity contribution is 5.86. The quantitative estimate of drug-likeness (QED) is 0.829. The predicted molar refractivity (Wildman–Crippen MR) is 66.3 cm³/mol. The van der Waals surface area contributed by atoms with Gasteiger partial charge in [0.1, 0.15) is 11.5 Å². The molecule has 2 heteroatoms. The van der Waals surface area contributed by atoms with E-state index >= 15 is 0 Å². The van der Waals surface area contributed by atoms with Gasteiger partial charge in [0.2, 0.25) is 0 Å². The Kier molecular flexibility index (Phi) is 2.73. The van der Waals surface area contributed by atoms with Crippen molar-refractivity contribution in [2.45, 2.75) is 19.8 Å². The molecule has 0 amide bonds. The molecule has 0 radical (unpaired) electrons. The molecule has 0 fully saturated rings. The first-order valence-electron chi connectivity index (χ1n) is 5.42. The molecule has 0 spiro atoms. The zero-order valence-corrected chi connectivity index (χ0v) is 9.82. The third-order valence-corrected chi connectivity index (χ3v) is 2.81. The fourth-order valence-corrected chi connectivity index (χ4v) is 1.87. The van der Waals surface area contributed by atoms with Crippen LogP contribution in [-0.4, -0.2) is 12.2 Å². The van der Waals surface area contributed by atoms with E-state index in [1.165, 1.54) is 0 Å². The van der Waals surface area contributed by atoms with Crippen LogP contribution in [0.15, 0.2) is 30.3 Å². The van der Waals surface area contributed by atoms with Crippen LogP contribution in [0.25, 0.3) is 10.8 Å². The van der Waals surface area contributed by atoms with Crippen LogP contribution >= 0.6 is 0 Å². The summed E-state index contributed by atoms with van der Waals surface area (Å²) in [7, 11) is 1.66. The van der Waals surface area contributed by atoms with Crippen molar-refractivity contribution in [2.24, 2.45) is 0 Å². The highest BCUT2D eigenvalue weighted by Gasteiger charge is 2.07. The van der Waals surface area contributed by atoms with Crippen molar-refractivity contribution < 1.29 is 9.84 Å². The molecule has 2 aromatic carbocycles. The molecule has 0 unspecified atom stereocenters. The number of rotatable bonds is 2. The van der Waals surface area contributed by atoms with Crippen molar-refractivity contribution in [2.75, 3.05) is 7.11 Å². The summed E-state index contributed by atoms with van der Waals surface area (Å²) in [5.74, 6) is 1.52. The molecule has 16 heavy (non-hydrogen) atoms. The summed E-state index contributed by atoms with van der Waals surface area (Å²) in [6.45, 7) is 4.14. The minimum absolute atomic E-state index is 0.315. The maximum absolute atomic E-state index is 9.87. The maximum atomic E-state index is 9.87. The fourth-order valence-electron chi connectivity index (χ4n) is 1.87. The maximum Gasteiger partial charge on any atom is 0.119 e. The van der Waals surface area contributed by atoms with Crippen molar-refractivity contribution in [3.63, 3.8) is 0 Å². The van der Waals surface area contributed by atoms with Crippen molar-refractivity contribution in [3.05, 3.63) is 35.9 Å². The van der Waals surface area contributed by atoms with E-state index < -0.39 is 0 Å². The van der Waals surface area contributed by atoms with Gasteiger partial charge < -0.3 is 9.84 Å². The molecule has 0 aliphatic carbocycles. The highest BCUT2D eigenvalue weighted by Crippen LogP contribution is 2.31. The van der Waals surface area contributed by atoms with E-state index in [0.29, 0.717) is 11.7 Å². The van der Waals surface area contributed by atoms with Gasteiger partial charge in [-0.25, -0.2) is 0 Å². The molecule has 0 saturated carbocycles. The van der Waals surface area contributed by atoms with E-state index in [4.69, 9.17) is 4.74 Å². The van der Waals surface area contributed by atoms with Crippen LogP contribution in [0.1, 0.15) is 25.3 Å². The second-order valence-electron chi connectivity index (χ2n) is 4.28. The van der Waals surface area contributed by atoms with Crippen LogP contribution < -0.4 is 4.74 Å². The summed E-state index contributed by atoms with van der Waals surface area (Å²) in [4.78, 5) is 0. The Morgan fingerprint density at radius 2 is 1.81 bits per heavy atom. The van der Waals surface area contributed by atoms with Crippen molar-refractivity contribution in [1.29, 1.82) is 0 Å². The highest BCUT2D eigenvalue weighted by atomic mass is 16.5. The molecule has 0 aliphatic rings. The number of methoxy groups -OCH3 is 1. The van der Waals surface area contributed by atoms with E-state index in [1.807, 2.05) is 30.3 Å². The van der Waals surface area contributed by atoms with Crippen LogP contribution in [0.4, 0.5) is 0 Å². The molecule has 0 aliphatic heterocycles. The van der Waals surface area contributed by atoms with E-state index in [1.54, 1.807) is 7.11 Å². The molecule has 0 bridgehead atoms. The van der Waals surface area contributed by atoms with Gasteiger partial charge in [0.05, 0.1) is 7.11 Å². The molecule has 0 heterocycles. The van der Waals surface area contributed by atoms with Crippen molar-refractivity contribution >= 4 is 10.8 Å². The van der Waals surface area contributed by atoms with Crippen LogP contribution in [0.3, 0.4) is 0 Å². The molecule has 2 aromatic rings. The number of hydrogen-bond donors (Lipinski definition) is 1. The zero-order valence-electron chi connectivity index (χ0n) is 9.82. The zero-order chi connectivity index (χ0) is 11.7. The minimum Gasteiger partial charge on any atom is -0.508 e. The molecule has 2 rings (SSSR count). The van der Waals surface area contributed by atoms with Crippen LogP contribution in [0, 0.1) is 0 Å². The first-order valence-corrected chi connectivity index (χ1v) is 5.42. The van der Waals surface area contributed by atoms with Crippen LogP contribution in [0.2, 0.25) is 0 Å². The van der Waals surface area contributed by atoms with Gasteiger partial charge in [-0.05, 0) is 46.5 Å². The lowest BCUT2D eigenvalue weighted by atomic mass is 9.98. The molecule has 84 valence electrons. The Bertz CT molecular complexity index is 515. The summed E-state index contributed by atoms with van der Waals surface area (Å²) < 4.78 is 5.19. The first-order chi connectivity index (χ1) is 7.61. The van der Waals surface area contributed by atoms with Gasteiger partial charge in [-0.2, -0.15) is 0 Å². The lowest BCUT2D eigenvalue weighted by Crippen LogP contribution is -1.89. The topological polar surface area (TPSA) is 29.5 Å². The lowest BCUT2D eigenvalue weighted by Gasteiger charge is -2.10. The van der Waals surface area contributed by atoms with Gasteiger partial charge in [0.25, 0.3) is 0 Å². The number of ether oxygens (including phenoxy) is 1. The summed E-state index contributed by atoms with van der Waals surface area (Å²) >= 11 is 0. The van der Waals surface area contributed by atoms with Gasteiger partial charge in [0.15, 0.2) is 0 Å². The normalized spacial score (nSPS) is 11.0. The van der Waals surface area contributed by atoms with E-state index in [0.717, 1.165) is 22.1 Å². The third-order valence-electron chi connectivity index (χ3n) is 2.81. The molecule has 0 aromatic heterocycles. The molecule has 2 nitrogen and oxygen atoms in total. The van der Waals surface area contributed by atoms with Gasteiger partial charge in [-0.15, -0.1) is 0 Å². The average Bonchev–Trinajstić information content (AvgIpc) is 2.27. The molecular formula is C14H16O2. The Morgan fingerprint density at radius 1 is 1.06 bits per heavy atom. The van der Waals surface area contributed by atoms with E-state index in [-0.39, 0.29) is 0 Å².